The van der Waals surface area contributed by atoms with E-state index < -0.39 is 0 Å². The molecule has 0 radical (unpaired) electrons. The van der Waals surface area contributed by atoms with Crippen LogP contribution >= 0.6 is 11.8 Å². The number of nitrogen functional groups attached to an aromatic ring is 1. The molecule has 90 valence electrons. The summed E-state index contributed by atoms with van der Waals surface area (Å²) < 4.78 is 0. The van der Waals surface area contributed by atoms with Crippen molar-refractivity contribution in [1.29, 1.82) is 5.26 Å². The minimum absolute atomic E-state index is 0.282. The zero-order valence-electron chi connectivity index (χ0n) is 9.92. The van der Waals surface area contributed by atoms with Crippen molar-refractivity contribution in [3.8, 4) is 17.5 Å². The topological polar surface area (TPSA) is 75.6 Å². The minimum Gasteiger partial charge on any atom is -0.384 e. The first kappa shape index (κ1) is 12.4. The summed E-state index contributed by atoms with van der Waals surface area (Å²) >= 11 is 1.77. The molecule has 0 aliphatic rings. The van der Waals surface area contributed by atoms with Crippen molar-refractivity contribution in [2.75, 3.05) is 11.5 Å². The van der Waals surface area contributed by atoms with Crippen LogP contribution in [0.25, 0.3) is 11.4 Å². The highest BCUT2D eigenvalue weighted by atomic mass is 32.2. The predicted molar refractivity (Wildman–Crippen MR) is 73.0 cm³/mol. The van der Waals surface area contributed by atoms with E-state index in [0.29, 0.717) is 11.6 Å². The average Bonchev–Trinajstić information content (AvgIpc) is 2.39. The van der Waals surface area contributed by atoms with E-state index in [4.69, 9.17) is 11.0 Å². The molecule has 0 saturated heterocycles. The van der Waals surface area contributed by atoms with Crippen LogP contribution in [0.4, 0.5) is 5.82 Å². The minimum atomic E-state index is 0.282. The molecule has 4 nitrogen and oxygen atoms in total. The van der Waals surface area contributed by atoms with Crippen LogP contribution in [-0.2, 0) is 0 Å². The number of hydrogen-bond acceptors (Lipinski definition) is 5. The monoisotopic (exact) mass is 256 g/mol. The van der Waals surface area contributed by atoms with Crippen molar-refractivity contribution in [2.45, 2.75) is 11.8 Å². The van der Waals surface area contributed by atoms with Crippen molar-refractivity contribution in [3.05, 3.63) is 36.0 Å². The third kappa shape index (κ3) is 2.79. The van der Waals surface area contributed by atoms with Gasteiger partial charge in [-0.15, -0.1) is 11.8 Å². The SMILES string of the molecule is CCSc1ccc(-c2nc(N)cc(C#N)n2)cc1. The molecule has 0 atom stereocenters. The van der Waals surface area contributed by atoms with Gasteiger partial charge in [-0.2, -0.15) is 5.26 Å². The van der Waals surface area contributed by atoms with Gasteiger partial charge in [0.25, 0.3) is 0 Å². The lowest BCUT2D eigenvalue weighted by Gasteiger charge is -2.03. The maximum absolute atomic E-state index is 8.85. The summed E-state index contributed by atoms with van der Waals surface area (Å²) in [7, 11) is 0. The Morgan fingerprint density at radius 2 is 2.00 bits per heavy atom. The fourth-order valence-corrected chi connectivity index (χ4v) is 2.18. The van der Waals surface area contributed by atoms with Crippen LogP contribution in [0.5, 0.6) is 0 Å². The molecule has 2 rings (SSSR count). The number of hydrogen-bond donors (Lipinski definition) is 1. The predicted octanol–water partition coefficient (Wildman–Crippen LogP) is 2.71. The molecular weight excluding hydrogens is 244 g/mol. The van der Waals surface area contributed by atoms with Gasteiger partial charge in [-0.3, -0.25) is 0 Å². The summed E-state index contributed by atoms with van der Waals surface area (Å²) in [4.78, 5) is 9.48. The van der Waals surface area contributed by atoms with Crippen LogP contribution in [0.3, 0.4) is 0 Å². The Bertz CT molecular complexity index is 587. The Morgan fingerprint density at radius 3 is 2.61 bits per heavy atom. The van der Waals surface area contributed by atoms with Crippen molar-refractivity contribution in [3.63, 3.8) is 0 Å². The summed E-state index contributed by atoms with van der Waals surface area (Å²) in [6, 6.07) is 11.3. The molecule has 18 heavy (non-hydrogen) atoms. The van der Waals surface area contributed by atoms with E-state index >= 15 is 0 Å². The van der Waals surface area contributed by atoms with Gasteiger partial charge in [0.1, 0.15) is 17.6 Å². The quantitative estimate of drug-likeness (QED) is 0.854. The van der Waals surface area contributed by atoms with Crippen LogP contribution in [0.2, 0.25) is 0 Å². The highest BCUT2D eigenvalue weighted by molar-refractivity contribution is 7.99. The van der Waals surface area contributed by atoms with E-state index in [2.05, 4.69) is 16.9 Å². The van der Waals surface area contributed by atoms with Crippen molar-refractivity contribution in [1.82, 2.24) is 9.97 Å². The lowest BCUT2D eigenvalue weighted by molar-refractivity contribution is 1.15. The van der Waals surface area contributed by atoms with Gasteiger partial charge in [0.05, 0.1) is 0 Å². The van der Waals surface area contributed by atoms with Gasteiger partial charge in [-0.1, -0.05) is 19.1 Å². The fraction of sp³-hybridized carbons (Fsp3) is 0.154. The first-order valence-corrected chi connectivity index (χ1v) is 6.49. The van der Waals surface area contributed by atoms with Crippen molar-refractivity contribution >= 4 is 17.6 Å². The van der Waals surface area contributed by atoms with E-state index in [1.165, 1.54) is 11.0 Å². The second kappa shape index (κ2) is 5.52. The Labute approximate surface area is 110 Å². The summed E-state index contributed by atoms with van der Waals surface area (Å²) in [5.74, 6) is 1.83. The third-order valence-corrected chi connectivity index (χ3v) is 3.18. The first-order valence-electron chi connectivity index (χ1n) is 5.51. The molecule has 5 heteroatoms. The van der Waals surface area contributed by atoms with Gasteiger partial charge in [0, 0.05) is 16.5 Å². The van der Waals surface area contributed by atoms with Gasteiger partial charge in [-0.05, 0) is 17.9 Å². The molecule has 0 spiro atoms. The van der Waals surface area contributed by atoms with Crippen LogP contribution in [0.15, 0.2) is 35.2 Å². The van der Waals surface area contributed by atoms with Crippen LogP contribution in [0.1, 0.15) is 12.6 Å². The standard InChI is InChI=1S/C13H12N4S/c1-2-18-11-5-3-9(4-6-11)13-16-10(8-14)7-12(15)17-13/h3-7H,2H2,1H3,(H2,15,16,17). The molecule has 2 N–H and O–H groups in total. The van der Waals surface area contributed by atoms with Gasteiger partial charge in [-0.25, -0.2) is 9.97 Å². The van der Waals surface area contributed by atoms with E-state index in [9.17, 15) is 0 Å². The Hall–Kier alpha value is -2.06. The summed E-state index contributed by atoms with van der Waals surface area (Å²) in [6.07, 6.45) is 0. The second-order valence-corrected chi connectivity index (χ2v) is 4.91. The smallest absolute Gasteiger partial charge is 0.162 e. The van der Waals surface area contributed by atoms with E-state index in [0.717, 1.165) is 11.3 Å². The molecule has 0 saturated carbocycles. The average molecular weight is 256 g/mol. The number of nitriles is 1. The molecular formula is C13H12N4S. The number of nitrogens with two attached hydrogens (primary N) is 1. The highest BCUT2D eigenvalue weighted by Crippen LogP contribution is 2.22. The van der Waals surface area contributed by atoms with E-state index in [1.54, 1.807) is 11.8 Å². The Morgan fingerprint density at radius 1 is 1.28 bits per heavy atom. The number of anilines is 1. The molecule has 0 bridgehead atoms. The van der Waals surface area contributed by atoms with Crippen LogP contribution in [-0.4, -0.2) is 15.7 Å². The van der Waals surface area contributed by atoms with Gasteiger partial charge >= 0.3 is 0 Å². The number of rotatable bonds is 3. The molecule has 0 aliphatic carbocycles. The van der Waals surface area contributed by atoms with Gasteiger partial charge in [0.2, 0.25) is 0 Å². The zero-order chi connectivity index (χ0) is 13.0. The Balaban J connectivity index is 2.36. The molecule has 0 aliphatic heterocycles. The maximum Gasteiger partial charge on any atom is 0.162 e. The fourth-order valence-electron chi connectivity index (χ4n) is 1.52. The Kier molecular flexibility index (Phi) is 3.80. The second-order valence-electron chi connectivity index (χ2n) is 3.57. The summed E-state index contributed by atoms with van der Waals surface area (Å²) in [5, 5.41) is 8.85. The van der Waals surface area contributed by atoms with Crippen LogP contribution in [0, 0.1) is 11.3 Å². The number of benzene rings is 1. The highest BCUT2D eigenvalue weighted by Gasteiger charge is 2.05. The number of aromatic nitrogens is 2. The van der Waals surface area contributed by atoms with Crippen molar-refractivity contribution in [2.24, 2.45) is 0 Å². The van der Waals surface area contributed by atoms with Crippen LogP contribution < -0.4 is 5.73 Å². The third-order valence-electron chi connectivity index (χ3n) is 2.28. The summed E-state index contributed by atoms with van der Waals surface area (Å²) in [5.41, 5.74) is 6.79. The van der Waals surface area contributed by atoms with E-state index in [1.807, 2.05) is 30.3 Å². The molecule has 0 amide bonds. The molecule has 1 aromatic carbocycles. The first-order chi connectivity index (χ1) is 8.72. The molecule has 0 fully saturated rings. The molecule has 1 aromatic heterocycles. The normalized spacial score (nSPS) is 10.0. The maximum atomic E-state index is 8.85. The zero-order valence-corrected chi connectivity index (χ0v) is 10.7. The molecule has 1 heterocycles. The number of thioether (sulfide) groups is 1. The van der Waals surface area contributed by atoms with E-state index in [-0.39, 0.29) is 5.69 Å². The summed E-state index contributed by atoms with van der Waals surface area (Å²) in [6.45, 7) is 2.11. The van der Waals surface area contributed by atoms with Crippen molar-refractivity contribution < 1.29 is 0 Å². The number of nitrogens with zero attached hydrogens (tertiary/aromatic N) is 3. The molecule has 0 unspecified atom stereocenters. The molecule has 2 aromatic rings. The van der Waals surface area contributed by atoms with Gasteiger partial charge < -0.3 is 5.73 Å². The van der Waals surface area contributed by atoms with Gasteiger partial charge in [0.15, 0.2) is 5.82 Å². The lowest BCUT2D eigenvalue weighted by atomic mass is 10.2. The largest absolute Gasteiger partial charge is 0.384 e. The lowest BCUT2D eigenvalue weighted by Crippen LogP contribution is -1.98.